The molecule has 1 aromatic heterocycles. The highest BCUT2D eigenvalue weighted by atomic mass is 35.5. The van der Waals surface area contributed by atoms with Gasteiger partial charge in [0.1, 0.15) is 10.8 Å². The number of hydrogen-bond donors (Lipinski definition) is 1. The molecule has 0 bridgehead atoms. The van der Waals surface area contributed by atoms with Crippen LogP contribution < -0.4 is 10.9 Å². The lowest BCUT2D eigenvalue weighted by Crippen LogP contribution is -2.22. The van der Waals surface area contributed by atoms with E-state index in [2.05, 4.69) is 10.4 Å². The molecule has 0 atom stereocenters. The topological polar surface area (TPSA) is 90.1 Å². The van der Waals surface area contributed by atoms with Gasteiger partial charge in [0.2, 0.25) is 0 Å². The first kappa shape index (κ1) is 18.8. The van der Waals surface area contributed by atoms with Crippen molar-refractivity contribution in [2.75, 3.05) is 5.32 Å². The van der Waals surface area contributed by atoms with Crippen molar-refractivity contribution in [2.45, 2.75) is 6.54 Å². The molecule has 7 nitrogen and oxygen atoms in total. The summed E-state index contributed by atoms with van der Waals surface area (Å²) in [6.07, 6.45) is 1.36. The van der Waals surface area contributed by atoms with Crippen molar-refractivity contribution < 1.29 is 9.31 Å². The minimum atomic E-state index is -0.590. The third-order valence-corrected chi connectivity index (χ3v) is 4.35. The molecule has 0 aliphatic carbocycles. The Kier molecular flexibility index (Phi) is 5.38. The Morgan fingerprint density at radius 3 is 2.52 bits per heavy atom. The summed E-state index contributed by atoms with van der Waals surface area (Å²) < 4.78 is 14.2. The first-order valence-corrected chi connectivity index (χ1v) is 8.33. The number of aromatic nitrogens is 2. The third kappa shape index (κ3) is 4.07. The van der Waals surface area contributed by atoms with E-state index < -0.39 is 16.3 Å². The number of nitrogens with one attached hydrogen (secondary N) is 1. The van der Waals surface area contributed by atoms with E-state index in [1.165, 1.54) is 42.6 Å². The third-order valence-electron chi connectivity index (χ3n) is 3.69. The lowest BCUT2D eigenvalue weighted by molar-refractivity contribution is -0.384. The number of benzene rings is 2. The zero-order chi connectivity index (χ0) is 19.6. The molecule has 0 amide bonds. The van der Waals surface area contributed by atoms with E-state index in [1.54, 1.807) is 6.07 Å². The second-order valence-corrected chi connectivity index (χ2v) is 6.25. The molecule has 0 spiro atoms. The molecule has 2 aromatic carbocycles. The first-order chi connectivity index (χ1) is 12.9. The van der Waals surface area contributed by atoms with Gasteiger partial charge in [-0.05, 0) is 29.8 Å². The lowest BCUT2D eigenvalue weighted by Gasteiger charge is -2.10. The number of rotatable bonds is 5. The molecule has 3 rings (SSSR count). The highest BCUT2D eigenvalue weighted by Crippen LogP contribution is 2.21. The van der Waals surface area contributed by atoms with Crippen LogP contribution >= 0.6 is 23.2 Å². The van der Waals surface area contributed by atoms with Crippen LogP contribution in [0.3, 0.4) is 0 Å². The Labute approximate surface area is 162 Å². The highest BCUT2D eigenvalue weighted by molar-refractivity contribution is 6.33. The van der Waals surface area contributed by atoms with Crippen molar-refractivity contribution in [3.63, 3.8) is 0 Å². The minimum absolute atomic E-state index is 0.00731. The second-order valence-electron chi connectivity index (χ2n) is 5.46. The van der Waals surface area contributed by atoms with Crippen LogP contribution in [-0.4, -0.2) is 14.7 Å². The fourth-order valence-electron chi connectivity index (χ4n) is 2.30. The quantitative estimate of drug-likeness (QED) is 0.504. The summed E-state index contributed by atoms with van der Waals surface area (Å²) >= 11 is 11.9. The van der Waals surface area contributed by atoms with Crippen molar-refractivity contribution >= 4 is 34.6 Å². The molecule has 0 fully saturated rings. The fraction of sp³-hybridized carbons (Fsp3) is 0.0588. The maximum absolute atomic E-state index is 13.2. The SMILES string of the molecule is O=c1c(Cl)c(NCc2ccc(F)c(Cl)c2)cnn1-c1ccc([N+](=O)[O-])cc1. The van der Waals surface area contributed by atoms with Crippen LogP contribution in [0, 0.1) is 15.9 Å². The molecule has 0 aliphatic rings. The fourth-order valence-corrected chi connectivity index (χ4v) is 2.70. The molecule has 0 unspecified atom stereocenters. The van der Waals surface area contributed by atoms with Crippen molar-refractivity contribution in [1.82, 2.24) is 9.78 Å². The van der Waals surface area contributed by atoms with Gasteiger partial charge in [-0.3, -0.25) is 14.9 Å². The summed E-state index contributed by atoms with van der Waals surface area (Å²) in [5.74, 6) is -0.522. The van der Waals surface area contributed by atoms with Gasteiger partial charge in [-0.2, -0.15) is 9.78 Å². The molecule has 1 N–H and O–H groups in total. The minimum Gasteiger partial charge on any atom is -0.378 e. The van der Waals surface area contributed by atoms with E-state index in [4.69, 9.17) is 23.2 Å². The molecule has 1 heterocycles. The Bertz CT molecular complexity index is 1070. The lowest BCUT2D eigenvalue weighted by atomic mass is 10.2. The van der Waals surface area contributed by atoms with Crippen molar-refractivity contribution in [2.24, 2.45) is 0 Å². The molecule has 0 aliphatic heterocycles. The Hall–Kier alpha value is -2.97. The summed E-state index contributed by atoms with van der Waals surface area (Å²) in [4.78, 5) is 22.6. The molecule has 138 valence electrons. The molecule has 0 saturated carbocycles. The zero-order valence-corrected chi connectivity index (χ0v) is 15.0. The summed E-state index contributed by atoms with van der Waals surface area (Å²) in [5.41, 5.74) is 0.628. The summed E-state index contributed by atoms with van der Waals surface area (Å²) in [5, 5.41) is 17.6. The largest absolute Gasteiger partial charge is 0.378 e. The molecule has 3 aromatic rings. The van der Waals surface area contributed by atoms with Crippen molar-refractivity contribution in [3.05, 3.63) is 90.6 Å². The van der Waals surface area contributed by atoms with Crippen molar-refractivity contribution in [3.8, 4) is 5.69 Å². The normalized spacial score (nSPS) is 10.6. The van der Waals surface area contributed by atoms with Gasteiger partial charge in [0, 0.05) is 18.7 Å². The molecule has 10 heteroatoms. The summed E-state index contributed by atoms with van der Waals surface area (Å²) in [6, 6.07) is 9.58. The van der Waals surface area contributed by atoms with Gasteiger partial charge in [0.25, 0.3) is 11.2 Å². The van der Waals surface area contributed by atoms with Gasteiger partial charge in [-0.1, -0.05) is 29.3 Å². The van der Waals surface area contributed by atoms with Gasteiger partial charge in [0.15, 0.2) is 0 Å². The Morgan fingerprint density at radius 1 is 1.19 bits per heavy atom. The van der Waals surface area contributed by atoms with E-state index in [0.717, 1.165) is 4.68 Å². The molecular formula is C17H11Cl2FN4O3. The highest BCUT2D eigenvalue weighted by Gasteiger charge is 2.12. The van der Waals surface area contributed by atoms with Crippen LogP contribution in [0.25, 0.3) is 5.69 Å². The molecule has 27 heavy (non-hydrogen) atoms. The van der Waals surface area contributed by atoms with Crippen LogP contribution in [0.4, 0.5) is 15.8 Å². The van der Waals surface area contributed by atoms with E-state index in [9.17, 15) is 19.3 Å². The maximum atomic E-state index is 13.2. The van der Waals surface area contributed by atoms with Gasteiger partial charge in [-0.25, -0.2) is 4.39 Å². The average Bonchev–Trinajstić information content (AvgIpc) is 2.66. The van der Waals surface area contributed by atoms with Crippen LogP contribution in [0.1, 0.15) is 5.56 Å². The summed E-state index contributed by atoms with van der Waals surface area (Å²) in [6.45, 7) is 0.252. The van der Waals surface area contributed by atoms with Crippen LogP contribution in [0.2, 0.25) is 10.0 Å². The Morgan fingerprint density at radius 2 is 1.89 bits per heavy atom. The van der Waals surface area contributed by atoms with Gasteiger partial charge >= 0.3 is 0 Å². The van der Waals surface area contributed by atoms with Crippen LogP contribution in [0.5, 0.6) is 0 Å². The number of nitrogens with zero attached hydrogens (tertiary/aromatic N) is 3. The number of non-ortho nitro benzene ring substituents is 1. The van der Waals surface area contributed by atoms with E-state index in [0.29, 0.717) is 16.9 Å². The predicted octanol–water partition coefficient (Wildman–Crippen LogP) is 4.20. The second kappa shape index (κ2) is 7.73. The van der Waals surface area contributed by atoms with E-state index in [1.807, 2.05) is 0 Å². The smallest absolute Gasteiger partial charge is 0.292 e. The van der Waals surface area contributed by atoms with Crippen LogP contribution in [-0.2, 0) is 6.54 Å². The number of anilines is 1. The number of hydrogen-bond acceptors (Lipinski definition) is 5. The summed E-state index contributed by atoms with van der Waals surface area (Å²) in [7, 11) is 0. The van der Waals surface area contributed by atoms with E-state index in [-0.39, 0.29) is 22.3 Å². The number of halogens is 3. The maximum Gasteiger partial charge on any atom is 0.292 e. The number of nitro groups is 1. The van der Waals surface area contributed by atoms with Crippen molar-refractivity contribution in [1.29, 1.82) is 0 Å². The standard InChI is InChI=1S/C17H11Cl2FN4O3/c18-13-7-10(1-6-14(13)20)8-21-15-9-22-23(17(25)16(15)19)11-2-4-12(5-3-11)24(26)27/h1-7,9,21H,8H2. The monoisotopic (exact) mass is 408 g/mol. The molecule has 0 radical (unpaired) electrons. The first-order valence-electron chi connectivity index (χ1n) is 7.57. The van der Waals surface area contributed by atoms with Crippen LogP contribution in [0.15, 0.2) is 53.5 Å². The van der Waals surface area contributed by atoms with E-state index >= 15 is 0 Å². The zero-order valence-electron chi connectivity index (χ0n) is 13.5. The molecular weight excluding hydrogens is 398 g/mol. The average molecular weight is 409 g/mol. The van der Waals surface area contributed by atoms with Gasteiger partial charge in [-0.15, -0.1) is 0 Å². The predicted molar refractivity (Wildman–Crippen MR) is 100 cm³/mol. The van der Waals surface area contributed by atoms with Gasteiger partial charge < -0.3 is 5.32 Å². The van der Waals surface area contributed by atoms with Gasteiger partial charge in [0.05, 0.1) is 27.5 Å². The molecule has 0 saturated heterocycles. The number of nitro benzene ring substituents is 1. The Balaban J connectivity index is 1.83.